The van der Waals surface area contributed by atoms with Crippen LogP contribution in [0.2, 0.25) is 0 Å². The maximum Gasteiger partial charge on any atom is 0.345 e. The molecular weight excluding hydrogens is 406 g/mol. The Labute approximate surface area is 177 Å². The third-order valence-electron chi connectivity index (χ3n) is 5.04. The predicted molar refractivity (Wildman–Crippen MR) is 115 cm³/mol. The highest BCUT2D eigenvalue weighted by molar-refractivity contribution is 7.91. The number of aromatic nitrogens is 2. The highest BCUT2D eigenvalue weighted by Gasteiger charge is 2.32. The van der Waals surface area contributed by atoms with Gasteiger partial charge in [-0.25, -0.2) is 4.31 Å². The number of anilines is 2. The predicted octanol–water partition coefficient (Wildman–Crippen LogP) is 1.60. The van der Waals surface area contributed by atoms with Gasteiger partial charge in [0.15, 0.2) is 0 Å². The average molecular weight is 435 g/mol. The van der Waals surface area contributed by atoms with E-state index < -0.39 is 16.2 Å². The van der Waals surface area contributed by atoms with Crippen LogP contribution in [0.4, 0.5) is 11.4 Å². The van der Waals surface area contributed by atoms with Gasteiger partial charge in [0.25, 0.3) is 0 Å². The molecule has 1 aromatic carbocycles. The summed E-state index contributed by atoms with van der Waals surface area (Å²) in [6, 6.07) is 4.46. The molecule has 164 valence electrons. The molecule has 0 bridgehead atoms. The first-order chi connectivity index (χ1) is 14.3. The molecule has 10 heteroatoms. The van der Waals surface area contributed by atoms with Crippen molar-refractivity contribution in [2.24, 2.45) is 11.4 Å². The summed E-state index contributed by atoms with van der Waals surface area (Å²) in [4.78, 5) is 0. The van der Waals surface area contributed by atoms with Gasteiger partial charge in [0, 0.05) is 32.1 Å². The van der Waals surface area contributed by atoms with Crippen LogP contribution < -0.4 is 14.7 Å². The lowest BCUT2D eigenvalue weighted by atomic mass is 10.1. The Bertz CT molecular complexity index is 974. The van der Waals surface area contributed by atoms with Crippen LogP contribution in [0, 0.1) is 0 Å². The highest BCUT2D eigenvalue weighted by Crippen LogP contribution is 2.26. The minimum atomic E-state index is -4.28. The first kappa shape index (κ1) is 22.1. The monoisotopic (exact) mass is 434 g/mol. The Kier molecular flexibility index (Phi) is 6.99. The topological polar surface area (TPSA) is 112 Å². The highest BCUT2D eigenvalue weighted by atomic mass is 32.2. The number of rotatable bonds is 7. The number of nitrogens with one attached hydrogen (secondary N) is 1. The Hall–Kier alpha value is -2.59. The first-order valence-electron chi connectivity index (χ1n) is 10.1. The van der Waals surface area contributed by atoms with Crippen LogP contribution in [0.1, 0.15) is 37.8 Å². The molecule has 1 aliphatic heterocycles. The SMILES string of the molecule is CCc1cc(CC)cc(N/C([O-])=N/S(=O)(=O)N(c2cnn(C)c2)C2CCOCC2)c1. The minimum Gasteiger partial charge on any atom is -0.845 e. The molecule has 1 fully saturated rings. The van der Waals surface area contributed by atoms with E-state index in [4.69, 9.17) is 4.74 Å². The van der Waals surface area contributed by atoms with Gasteiger partial charge in [-0.15, -0.1) is 4.40 Å². The van der Waals surface area contributed by atoms with Gasteiger partial charge in [0.05, 0.1) is 23.9 Å². The van der Waals surface area contributed by atoms with Gasteiger partial charge in [0.2, 0.25) is 0 Å². The molecule has 1 aliphatic rings. The smallest absolute Gasteiger partial charge is 0.345 e. The van der Waals surface area contributed by atoms with Gasteiger partial charge in [-0.1, -0.05) is 19.9 Å². The quantitative estimate of drug-likeness (QED) is 0.523. The van der Waals surface area contributed by atoms with Crippen molar-refractivity contribution in [3.8, 4) is 0 Å². The van der Waals surface area contributed by atoms with E-state index in [2.05, 4.69) is 20.9 Å². The van der Waals surface area contributed by atoms with Gasteiger partial charge in [-0.2, -0.15) is 13.5 Å². The molecule has 0 aliphatic carbocycles. The summed E-state index contributed by atoms with van der Waals surface area (Å²) in [5.41, 5.74) is 3.04. The molecule has 1 N–H and O–H groups in total. The van der Waals surface area contributed by atoms with Crippen LogP contribution >= 0.6 is 0 Å². The summed E-state index contributed by atoms with van der Waals surface area (Å²) in [6.45, 7) is 4.95. The number of ether oxygens (including phenoxy) is 1. The van der Waals surface area contributed by atoms with Crippen molar-refractivity contribution < 1.29 is 18.3 Å². The molecule has 30 heavy (non-hydrogen) atoms. The summed E-state index contributed by atoms with van der Waals surface area (Å²) in [5, 5.41) is 19.2. The lowest BCUT2D eigenvalue weighted by molar-refractivity contribution is -0.213. The molecule has 0 unspecified atom stereocenters. The van der Waals surface area contributed by atoms with Crippen molar-refractivity contribution in [1.82, 2.24) is 9.78 Å². The van der Waals surface area contributed by atoms with Crippen molar-refractivity contribution in [3.63, 3.8) is 0 Å². The van der Waals surface area contributed by atoms with E-state index in [-0.39, 0.29) is 6.04 Å². The van der Waals surface area contributed by atoms with E-state index >= 15 is 0 Å². The molecular formula is C20H28N5O4S-. The van der Waals surface area contributed by atoms with Crippen LogP contribution in [-0.2, 0) is 34.8 Å². The Balaban J connectivity index is 1.90. The van der Waals surface area contributed by atoms with Gasteiger partial charge in [-0.05, 0) is 48.9 Å². The molecule has 3 rings (SSSR count). The molecule has 0 radical (unpaired) electrons. The lowest BCUT2D eigenvalue weighted by Gasteiger charge is -2.32. The second-order valence-electron chi connectivity index (χ2n) is 7.26. The molecule has 0 spiro atoms. The summed E-state index contributed by atoms with van der Waals surface area (Å²) >= 11 is 0. The fourth-order valence-electron chi connectivity index (χ4n) is 3.51. The Morgan fingerprint density at radius 3 is 2.43 bits per heavy atom. The van der Waals surface area contributed by atoms with Gasteiger partial charge < -0.3 is 15.2 Å². The van der Waals surface area contributed by atoms with E-state index in [1.165, 1.54) is 15.2 Å². The lowest BCUT2D eigenvalue weighted by Crippen LogP contribution is -2.44. The second-order valence-corrected chi connectivity index (χ2v) is 8.73. The zero-order valence-electron chi connectivity index (χ0n) is 17.5. The molecule has 1 aromatic heterocycles. The van der Waals surface area contributed by atoms with Crippen LogP contribution in [-0.4, -0.2) is 43.5 Å². The number of benzene rings is 1. The number of aryl methyl sites for hydroxylation is 3. The standard InChI is InChI=1S/C20H29N5O4S/c1-4-15-10-16(5-2)12-17(11-15)22-20(26)23-30(27,28)25(18-6-8-29-9-7-18)19-13-21-24(3)14-19/h10-14,18H,4-9H2,1-3H3,(H2,22,23,26)/p-1. The fourth-order valence-corrected chi connectivity index (χ4v) is 4.80. The number of hydrogen-bond acceptors (Lipinski definition) is 5. The average Bonchev–Trinajstić information content (AvgIpc) is 3.13. The Morgan fingerprint density at radius 2 is 1.90 bits per heavy atom. The normalized spacial score (nSPS) is 15.9. The van der Waals surface area contributed by atoms with Crippen molar-refractivity contribution in [2.45, 2.75) is 45.6 Å². The van der Waals surface area contributed by atoms with Crippen LogP contribution in [0.15, 0.2) is 35.0 Å². The number of hydrogen-bond donors (Lipinski definition) is 1. The number of amidine groups is 1. The molecule has 1 saturated heterocycles. The fraction of sp³-hybridized carbons (Fsp3) is 0.500. The number of nitrogens with zero attached hydrogens (tertiary/aromatic N) is 4. The summed E-state index contributed by atoms with van der Waals surface area (Å²) < 4.78 is 37.8. The maximum atomic E-state index is 13.1. The maximum absolute atomic E-state index is 13.1. The van der Waals surface area contributed by atoms with Gasteiger partial charge in [0.1, 0.15) is 0 Å². The molecule has 0 amide bonds. The molecule has 9 nitrogen and oxygen atoms in total. The third kappa shape index (κ3) is 5.31. The molecule has 2 heterocycles. The largest absolute Gasteiger partial charge is 0.845 e. The summed E-state index contributed by atoms with van der Waals surface area (Å²) in [6.07, 6.45) is 5.71. The zero-order valence-corrected chi connectivity index (χ0v) is 18.4. The first-order valence-corrected chi connectivity index (χ1v) is 11.5. The molecule has 0 atom stereocenters. The minimum absolute atomic E-state index is 0.348. The van der Waals surface area contributed by atoms with Crippen molar-refractivity contribution in [2.75, 3.05) is 22.8 Å². The summed E-state index contributed by atoms with van der Waals surface area (Å²) in [5.74, 6) is 0. The van der Waals surface area contributed by atoms with Crippen molar-refractivity contribution in [3.05, 3.63) is 41.7 Å². The van der Waals surface area contributed by atoms with Crippen molar-refractivity contribution in [1.29, 1.82) is 0 Å². The second kappa shape index (κ2) is 9.48. The van der Waals surface area contributed by atoms with E-state index in [0.717, 1.165) is 24.0 Å². The van der Waals surface area contributed by atoms with Gasteiger partial charge >= 0.3 is 10.2 Å². The molecule has 2 aromatic rings. The zero-order chi connectivity index (χ0) is 21.7. The van der Waals surface area contributed by atoms with E-state index in [1.807, 2.05) is 26.0 Å². The van der Waals surface area contributed by atoms with Gasteiger partial charge in [-0.3, -0.25) is 4.68 Å². The van der Waals surface area contributed by atoms with E-state index in [1.54, 1.807) is 13.2 Å². The molecule has 0 saturated carbocycles. The van der Waals surface area contributed by atoms with E-state index in [9.17, 15) is 13.5 Å². The summed E-state index contributed by atoms with van der Waals surface area (Å²) in [7, 11) is -2.57. The van der Waals surface area contributed by atoms with Crippen LogP contribution in [0.5, 0.6) is 0 Å². The Morgan fingerprint density at radius 1 is 1.27 bits per heavy atom. The van der Waals surface area contributed by atoms with Crippen LogP contribution in [0.25, 0.3) is 0 Å². The van der Waals surface area contributed by atoms with Crippen molar-refractivity contribution >= 4 is 27.6 Å². The third-order valence-corrected chi connectivity index (χ3v) is 6.44. The van der Waals surface area contributed by atoms with E-state index in [0.29, 0.717) is 37.4 Å². The van der Waals surface area contributed by atoms with Crippen LogP contribution in [0.3, 0.4) is 0 Å².